The maximum Gasteiger partial charge on any atom is -0.00165 e. The van der Waals surface area contributed by atoms with E-state index in [-0.39, 0.29) is 0 Å². The minimum Gasteiger partial charge on any atom is -0.0619 e. The Balaban J connectivity index is 2.14. The van der Waals surface area contributed by atoms with Gasteiger partial charge in [-0.15, -0.1) is 0 Å². The molecule has 1 aromatic rings. The van der Waals surface area contributed by atoms with Crippen LogP contribution in [0.15, 0.2) is 40.4 Å². The number of fused-ring (bicyclic) bond motifs is 2. The van der Waals surface area contributed by atoms with Gasteiger partial charge in [0.05, 0.1) is 0 Å². The molecule has 1 aromatic carbocycles. The highest BCUT2D eigenvalue weighted by atomic mass is 79.9. The average Bonchev–Trinajstić information content (AvgIpc) is 2.54. The number of rotatable bonds is 0. The Hall–Kier alpha value is -0.820. The van der Waals surface area contributed by atoms with Crippen molar-refractivity contribution in [2.75, 3.05) is 0 Å². The lowest BCUT2D eigenvalue weighted by atomic mass is 9.97. The zero-order valence-corrected chi connectivity index (χ0v) is 9.47. The quantitative estimate of drug-likeness (QED) is 0.648. The second-order valence-corrected chi connectivity index (χ2v) is 4.95. The highest BCUT2D eigenvalue weighted by Crippen LogP contribution is 2.41. The van der Waals surface area contributed by atoms with Crippen LogP contribution >= 0.6 is 15.9 Å². The van der Waals surface area contributed by atoms with Crippen LogP contribution in [0.3, 0.4) is 0 Å². The lowest BCUT2D eigenvalue weighted by molar-refractivity contribution is 1.03. The van der Waals surface area contributed by atoms with Gasteiger partial charge in [-0.1, -0.05) is 40.2 Å². The fourth-order valence-corrected chi connectivity index (χ4v) is 2.87. The molecule has 2 aliphatic carbocycles. The molecule has 14 heavy (non-hydrogen) atoms. The fourth-order valence-electron chi connectivity index (χ4n) is 2.39. The minimum atomic E-state index is 1.13. The van der Waals surface area contributed by atoms with Crippen molar-refractivity contribution in [2.45, 2.75) is 19.3 Å². The molecule has 0 amide bonds. The van der Waals surface area contributed by atoms with Crippen LogP contribution in [0.1, 0.15) is 24.0 Å². The molecule has 0 radical (unpaired) electrons. The molecule has 0 unspecified atom stereocenters. The van der Waals surface area contributed by atoms with Gasteiger partial charge in [-0.2, -0.15) is 0 Å². The van der Waals surface area contributed by atoms with Crippen molar-refractivity contribution in [3.8, 4) is 0 Å². The summed E-state index contributed by atoms with van der Waals surface area (Å²) in [5.74, 6) is 0. The van der Waals surface area contributed by atoms with Crippen molar-refractivity contribution in [3.05, 3.63) is 51.5 Å². The third-order valence-electron chi connectivity index (χ3n) is 3.06. The number of allylic oxidation sites excluding steroid dienone is 4. The second kappa shape index (κ2) is 3.09. The van der Waals surface area contributed by atoms with Gasteiger partial charge in [0.2, 0.25) is 0 Å². The van der Waals surface area contributed by atoms with E-state index < -0.39 is 0 Å². The Morgan fingerprint density at radius 1 is 1.07 bits per heavy atom. The van der Waals surface area contributed by atoms with E-state index in [1.54, 1.807) is 5.57 Å². The molecule has 0 aliphatic heterocycles. The lowest BCUT2D eigenvalue weighted by Crippen LogP contribution is -1.90. The van der Waals surface area contributed by atoms with Crippen LogP contribution in [-0.2, 0) is 6.42 Å². The van der Waals surface area contributed by atoms with E-state index in [4.69, 9.17) is 0 Å². The lowest BCUT2D eigenvalue weighted by Gasteiger charge is -2.11. The Bertz CT molecular complexity index is 452. The van der Waals surface area contributed by atoms with E-state index in [0.717, 1.165) is 12.8 Å². The average molecular weight is 247 g/mol. The first-order valence-electron chi connectivity index (χ1n) is 5.01. The Kier molecular flexibility index (Phi) is 1.88. The predicted molar refractivity (Wildman–Crippen MR) is 63.3 cm³/mol. The Morgan fingerprint density at radius 3 is 2.86 bits per heavy atom. The van der Waals surface area contributed by atoms with Crippen LogP contribution in [-0.4, -0.2) is 0 Å². The molecule has 0 nitrogen and oxygen atoms in total. The first-order valence-corrected chi connectivity index (χ1v) is 5.80. The van der Waals surface area contributed by atoms with Gasteiger partial charge in [0.25, 0.3) is 0 Å². The summed E-state index contributed by atoms with van der Waals surface area (Å²) >= 11 is 3.60. The molecule has 3 rings (SSSR count). The third kappa shape index (κ3) is 1.19. The molecular weight excluding hydrogens is 236 g/mol. The normalized spacial score (nSPS) is 19.1. The maximum absolute atomic E-state index is 3.60. The van der Waals surface area contributed by atoms with Gasteiger partial charge >= 0.3 is 0 Å². The van der Waals surface area contributed by atoms with Crippen molar-refractivity contribution >= 4 is 21.5 Å². The number of hydrogen-bond donors (Lipinski definition) is 0. The molecule has 2 aliphatic rings. The molecule has 0 heterocycles. The molecule has 0 bridgehead atoms. The summed E-state index contributed by atoms with van der Waals surface area (Å²) in [6.07, 6.45) is 5.79. The molecule has 70 valence electrons. The minimum absolute atomic E-state index is 1.13. The first-order chi connectivity index (χ1) is 6.84. The summed E-state index contributed by atoms with van der Waals surface area (Å²) in [6, 6.07) is 8.78. The third-order valence-corrected chi connectivity index (χ3v) is 3.68. The van der Waals surface area contributed by atoms with Crippen molar-refractivity contribution < 1.29 is 0 Å². The maximum atomic E-state index is 3.60. The van der Waals surface area contributed by atoms with Crippen molar-refractivity contribution in [1.82, 2.24) is 0 Å². The van der Waals surface area contributed by atoms with Crippen LogP contribution in [0.5, 0.6) is 0 Å². The fraction of sp³-hybridized carbons (Fsp3) is 0.231. The number of benzene rings is 1. The first kappa shape index (κ1) is 8.49. The summed E-state index contributed by atoms with van der Waals surface area (Å²) in [7, 11) is 0. The molecule has 1 heteroatoms. The summed E-state index contributed by atoms with van der Waals surface area (Å²) in [5.41, 5.74) is 6.07. The van der Waals surface area contributed by atoms with E-state index >= 15 is 0 Å². The highest BCUT2D eigenvalue weighted by molar-refractivity contribution is 9.11. The van der Waals surface area contributed by atoms with Crippen molar-refractivity contribution in [1.29, 1.82) is 0 Å². The predicted octanol–water partition coefficient (Wildman–Crippen LogP) is 4.07. The Morgan fingerprint density at radius 2 is 1.93 bits per heavy atom. The standard InChI is InChI=1S/C13H11Br/c14-11-5-6-13-10(8-11)7-9-3-1-2-4-12(9)13/h1-4,8H,5-7H2. The zero-order valence-electron chi connectivity index (χ0n) is 7.89. The van der Waals surface area contributed by atoms with Gasteiger partial charge in [0.15, 0.2) is 0 Å². The van der Waals surface area contributed by atoms with Crippen molar-refractivity contribution in [3.63, 3.8) is 0 Å². The number of hydrogen-bond acceptors (Lipinski definition) is 0. The SMILES string of the molecule is BrC1=CC2=C(CC1)c1ccccc1C2. The smallest absolute Gasteiger partial charge is 0.00165 e. The van der Waals surface area contributed by atoms with E-state index in [0.29, 0.717) is 0 Å². The van der Waals surface area contributed by atoms with E-state index in [2.05, 4.69) is 46.3 Å². The van der Waals surface area contributed by atoms with Gasteiger partial charge in [0, 0.05) is 0 Å². The zero-order chi connectivity index (χ0) is 9.54. The summed E-state index contributed by atoms with van der Waals surface area (Å²) in [6.45, 7) is 0. The Labute approximate surface area is 92.5 Å². The molecule has 0 aromatic heterocycles. The van der Waals surface area contributed by atoms with Crippen LogP contribution in [0.4, 0.5) is 0 Å². The van der Waals surface area contributed by atoms with E-state index in [1.165, 1.54) is 27.6 Å². The molecule has 0 spiro atoms. The monoisotopic (exact) mass is 246 g/mol. The largest absolute Gasteiger partial charge is 0.0619 e. The number of halogens is 1. The second-order valence-electron chi connectivity index (χ2n) is 3.93. The molecule has 0 N–H and O–H groups in total. The molecule has 0 saturated carbocycles. The van der Waals surface area contributed by atoms with Crippen LogP contribution < -0.4 is 0 Å². The van der Waals surface area contributed by atoms with Crippen LogP contribution in [0.2, 0.25) is 0 Å². The molecular formula is C13H11Br. The van der Waals surface area contributed by atoms with Gasteiger partial charge in [-0.25, -0.2) is 0 Å². The van der Waals surface area contributed by atoms with Gasteiger partial charge < -0.3 is 0 Å². The topological polar surface area (TPSA) is 0 Å². The summed E-state index contributed by atoms with van der Waals surface area (Å²) in [4.78, 5) is 0. The van der Waals surface area contributed by atoms with Gasteiger partial charge in [-0.05, 0) is 52.1 Å². The molecule has 0 saturated heterocycles. The molecule has 0 fully saturated rings. The van der Waals surface area contributed by atoms with Gasteiger partial charge in [-0.3, -0.25) is 0 Å². The van der Waals surface area contributed by atoms with Crippen LogP contribution in [0.25, 0.3) is 5.57 Å². The van der Waals surface area contributed by atoms with Gasteiger partial charge in [0.1, 0.15) is 0 Å². The van der Waals surface area contributed by atoms with Crippen molar-refractivity contribution in [2.24, 2.45) is 0 Å². The summed E-state index contributed by atoms with van der Waals surface area (Å²) < 4.78 is 1.35. The van der Waals surface area contributed by atoms with Crippen LogP contribution in [0, 0.1) is 0 Å². The summed E-state index contributed by atoms with van der Waals surface area (Å²) in [5, 5.41) is 0. The van der Waals surface area contributed by atoms with E-state index in [1.807, 2.05) is 0 Å². The van der Waals surface area contributed by atoms with E-state index in [9.17, 15) is 0 Å². The molecule has 0 atom stereocenters. The highest BCUT2D eigenvalue weighted by Gasteiger charge is 2.22.